The lowest BCUT2D eigenvalue weighted by molar-refractivity contribution is -0.145. The summed E-state index contributed by atoms with van der Waals surface area (Å²) in [6, 6.07) is 1.98. The SMILES string of the molecule is CC(C)(C)CN1Cc2c(cc(Br)c3[nH]ncc23)CC(CC(=O)O)C1=O. The minimum absolute atomic E-state index is 0.0706. The summed E-state index contributed by atoms with van der Waals surface area (Å²) in [5, 5.41) is 17.3. The largest absolute Gasteiger partial charge is 0.481 e. The molecule has 25 heavy (non-hydrogen) atoms. The van der Waals surface area contributed by atoms with Gasteiger partial charge < -0.3 is 10.0 Å². The van der Waals surface area contributed by atoms with Crippen LogP contribution < -0.4 is 0 Å². The highest BCUT2D eigenvalue weighted by Crippen LogP contribution is 2.35. The fourth-order valence-corrected chi connectivity index (χ4v) is 4.09. The number of aromatic amines is 1. The maximum absolute atomic E-state index is 13.0. The first-order chi connectivity index (χ1) is 11.7. The molecule has 1 atom stereocenters. The molecule has 2 N–H and O–H groups in total. The second-order valence-electron chi connectivity index (χ2n) is 7.91. The number of aliphatic carboxylic acids is 1. The molecule has 1 unspecified atom stereocenters. The molecule has 0 saturated heterocycles. The van der Waals surface area contributed by atoms with Crippen LogP contribution >= 0.6 is 15.9 Å². The molecule has 0 saturated carbocycles. The zero-order valence-corrected chi connectivity index (χ0v) is 16.2. The molecule has 0 spiro atoms. The third-order valence-electron chi connectivity index (χ3n) is 4.45. The van der Waals surface area contributed by atoms with Crippen molar-refractivity contribution >= 4 is 38.7 Å². The smallest absolute Gasteiger partial charge is 0.304 e. The zero-order valence-electron chi connectivity index (χ0n) is 14.6. The van der Waals surface area contributed by atoms with Crippen molar-refractivity contribution in [2.75, 3.05) is 6.54 Å². The van der Waals surface area contributed by atoms with Crippen LogP contribution in [0.1, 0.15) is 38.3 Å². The minimum atomic E-state index is -0.944. The molecule has 2 aromatic rings. The van der Waals surface area contributed by atoms with Crippen LogP contribution in [0.15, 0.2) is 16.7 Å². The van der Waals surface area contributed by atoms with Crippen molar-refractivity contribution in [1.29, 1.82) is 0 Å². The van der Waals surface area contributed by atoms with E-state index in [0.29, 0.717) is 19.5 Å². The lowest BCUT2D eigenvalue weighted by atomic mass is 9.93. The molecule has 1 aliphatic heterocycles. The van der Waals surface area contributed by atoms with E-state index in [4.69, 9.17) is 0 Å². The average molecular weight is 408 g/mol. The Bertz CT molecular complexity index is 838. The highest BCUT2D eigenvalue weighted by Gasteiger charge is 2.34. The van der Waals surface area contributed by atoms with Gasteiger partial charge >= 0.3 is 5.97 Å². The Balaban J connectivity index is 2.11. The Morgan fingerprint density at radius 2 is 2.20 bits per heavy atom. The molecule has 3 rings (SSSR count). The van der Waals surface area contributed by atoms with Gasteiger partial charge in [0.25, 0.3) is 0 Å². The molecule has 134 valence electrons. The second kappa shape index (κ2) is 6.44. The first-order valence-electron chi connectivity index (χ1n) is 8.29. The molecule has 1 aromatic carbocycles. The van der Waals surface area contributed by atoms with Crippen LogP contribution in [-0.2, 0) is 22.6 Å². The van der Waals surface area contributed by atoms with Crippen LogP contribution in [0.3, 0.4) is 0 Å². The molecular formula is C18H22BrN3O3. The van der Waals surface area contributed by atoms with E-state index >= 15 is 0 Å². The van der Waals surface area contributed by atoms with Gasteiger partial charge in [-0.1, -0.05) is 20.8 Å². The summed E-state index contributed by atoms with van der Waals surface area (Å²) >= 11 is 3.54. The van der Waals surface area contributed by atoms with Crippen molar-refractivity contribution < 1.29 is 14.7 Å². The molecule has 0 radical (unpaired) electrons. The number of hydrogen-bond acceptors (Lipinski definition) is 3. The normalized spacial score (nSPS) is 18.3. The number of fused-ring (bicyclic) bond motifs is 3. The number of hydrogen-bond donors (Lipinski definition) is 2. The van der Waals surface area contributed by atoms with Crippen LogP contribution in [0.4, 0.5) is 0 Å². The van der Waals surface area contributed by atoms with E-state index in [2.05, 4.69) is 46.9 Å². The predicted molar refractivity (Wildman–Crippen MR) is 98.1 cm³/mol. The maximum atomic E-state index is 13.0. The van der Waals surface area contributed by atoms with Gasteiger partial charge in [-0.25, -0.2) is 0 Å². The number of H-pyrrole nitrogens is 1. The van der Waals surface area contributed by atoms with E-state index in [-0.39, 0.29) is 17.7 Å². The van der Waals surface area contributed by atoms with Crippen LogP contribution in [0.2, 0.25) is 0 Å². The minimum Gasteiger partial charge on any atom is -0.481 e. The molecule has 1 aliphatic rings. The number of carboxylic acid groups (broad SMARTS) is 1. The van der Waals surface area contributed by atoms with Gasteiger partial charge in [0.2, 0.25) is 5.91 Å². The molecule has 1 aromatic heterocycles. The van der Waals surface area contributed by atoms with Gasteiger partial charge in [0, 0.05) is 22.9 Å². The summed E-state index contributed by atoms with van der Waals surface area (Å²) in [7, 11) is 0. The highest BCUT2D eigenvalue weighted by molar-refractivity contribution is 9.10. The van der Waals surface area contributed by atoms with Crippen molar-refractivity contribution in [1.82, 2.24) is 15.1 Å². The molecule has 6 nitrogen and oxygen atoms in total. The van der Waals surface area contributed by atoms with Gasteiger partial charge in [-0.3, -0.25) is 14.7 Å². The van der Waals surface area contributed by atoms with Gasteiger partial charge in [0.1, 0.15) is 0 Å². The number of nitrogens with zero attached hydrogens (tertiary/aromatic N) is 2. The van der Waals surface area contributed by atoms with Gasteiger partial charge in [0.15, 0.2) is 0 Å². The summed E-state index contributed by atoms with van der Waals surface area (Å²) in [6.45, 7) is 7.29. The van der Waals surface area contributed by atoms with E-state index in [1.165, 1.54) is 0 Å². The first-order valence-corrected chi connectivity index (χ1v) is 9.09. The Hall–Kier alpha value is -1.89. The molecule has 1 amide bonds. The molecule has 0 fully saturated rings. The topological polar surface area (TPSA) is 86.3 Å². The standard InChI is InChI=1S/C18H22BrN3O3/c1-18(2,3)9-22-8-13-10(4-11(17(22)25)6-15(23)24)5-14(19)16-12(13)7-20-21-16/h5,7,11H,4,6,8-9H2,1-3H3,(H,20,21)(H,23,24). The number of nitrogens with one attached hydrogen (secondary N) is 1. The van der Waals surface area contributed by atoms with Crippen LogP contribution in [0.5, 0.6) is 0 Å². The summed E-state index contributed by atoms with van der Waals surface area (Å²) in [4.78, 5) is 26.1. The van der Waals surface area contributed by atoms with Gasteiger partial charge in [-0.05, 0) is 45.0 Å². The molecular weight excluding hydrogens is 386 g/mol. The number of amides is 1. The van der Waals surface area contributed by atoms with Crippen molar-refractivity contribution in [3.63, 3.8) is 0 Å². The number of carbonyl (C=O) groups excluding carboxylic acids is 1. The van der Waals surface area contributed by atoms with Crippen molar-refractivity contribution in [3.05, 3.63) is 27.9 Å². The number of rotatable bonds is 3. The van der Waals surface area contributed by atoms with Crippen LogP contribution in [-0.4, -0.2) is 38.6 Å². The fourth-order valence-electron chi connectivity index (χ4n) is 3.51. The number of halogens is 1. The second-order valence-corrected chi connectivity index (χ2v) is 8.76. The Morgan fingerprint density at radius 1 is 1.48 bits per heavy atom. The van der Waals surface area contributed by atoms with E-state index < -0.39 is 11.9 Å². The third kappa shape index (κ3) is 3.71. The summed E-state index contributed by atoms with van der Waals surface area (Å²) in [5.41, 5.74) is 2.89. The molecule has 2 heterocycles. The highest BCUT2D eigenvalue weighted by atomic mass is 79.9. The van der Waals surface area contributed by atoms with Crippen LogP contribution in [0.25, 0.3) is 10.9 Å². The van der Waals surface area contributed by atoms with E-state index in [1.807, 2.05) is 6.07 Å². The molecule has 0 bridgehead atoms. The Kier molecular flexibility index (Phi) is 4.62. The average Bonchev–Trinajstić information content (AvgIpc) is 2.93. The summed E-state index contributed by atoms with van der Waals surface area (Å²) in [6.07, 6.45) is 2.05. The third-order valence-corrected chi connectivity index (χ3v) is 5.08. The number of aromatic nitrogens is 2. The first kappa shape index (κ1) is 17.9. The molecule has 7 heteroatoms. The number of benzene rings is 1. The zero-order chi connectivity index (χ0) is 18.4. The Labute approximate surface area is 154 Å². The quantitative estimate of drug-likeness (QED) is 0.816. The number of carboxylic acids is 1. The lowest BCUT2D eigenvalue weighted by Crippen LogP contribution is -2.40. The summed E-state index contributed by atoms with van der Waals surface area (Å²) in [5.74, 6) is -1.57. The van der Waals surface area contributed by atoms with Crippen molar-refractivity contribution in [2.24, 2.45) is 11.3 Å². The molecule has 0 aliphatic carbocycles. The van der Waals surface area contributed by atoms with Gasteiger partial charge in [0.05, 0.1) is 24.1 Å². The monoisotopic (exact) mass is 407 g/mol. The van der Waals surface area contributed by atoms with Gasteiger partial charge in [-0.2, -0.15) is 5.10 Å². The van der Waals surface area contributed by atoms with Crippen molar-refractivity contribution in [2.45, 2.75) is 40.2 Å². The van der Waals surface area contributed by atoms with Crippen molar-refractivity contribution in [3.8, 4) is 0 Å². The van der Waals surface area contributed by atoms with Crippen LogP contribution in [0, 0.1) is 11.3 Å². The number of carbonyl (C=O) groups is 2. The lowest BCUT2D eigenvalue weighted by Gasteiger charge is -2.31. The Morgan fingerprint density at radius 3 is 2.84 bits per heavy atom. The van der Waals surface area contributed by atoms with E-state index in [0.717, 1.165) is 26.5 Å². The summed E-state index contributed by atoms with van der Waals surface area (Å²) < 4.78 is 0.879. The fraction of sp³-hybridized carbons (Fsp3) is 0.500. The maximum Gasteiger partial charge on any atom is 0.304 e. The van der Waals surface area contributed by atoms with E-state index in [9.17, 15) is 14.7 Å². The van der Waals surface area contributed by atoms with E-state index in [1.54, 1.807) is 11.1 Å². The predicted octanol–water partition coefficient (Wildman–Crippen LogP) is 3.35. The van der Waals surface area contributed by atoms with Gasteiger partial charge in [-0.15, -0.1) is 0 Å².